The number of hydrogen-bond donors (Lipinski definition) is 1. The fraction of sp³-hybridized carbons (Fsp3) is 0.500. The van der Waals surface area contributed by atoms with Gasteiger partial charge in [0, 0.05) is 5.56 Å². The number of ether oxygens (including phenoxy) is 1. The van der Waals surface area contributed by atoms with E-state index < -0.39 is 27.6 Å². The highest BCUT2D eigenvalue weighted by Crippen LogP contribution is 2.16. The summed E-state index contributed by atoms with van der Waals surface area (Å²) < 4.78 is 32.5. The van der Waals surface area contributed by atoms with Gasteiger partial charge >= 0.3 is 5.97 Å². The van der Waals surface area contributed by atoms with Crippen LogP contribution in [0.1, 0.15) is 45.0 Å². The van der Waals surface area contributed by atoms with Crippen LogP contribution >= 0.6 is 0 Å². The van der Waals surface area contributed by atoms with Gasteiger partial charge in [-0.25, -0.2) is 8.42 Å². The summed E-state index contributed by atoms with van der Waals surface area (Å²) in [5.41, 5.74) is -0.335. The van der Waals surface area contributed by atoms with Crippen molar-refractivity contribution < 1.29 is 22.7 Å². The van der Waals surface area contributed by atoms with E-state index >= 15 is 0 Å². The molecule has 0 heterocycles. The molecule has 1 atom stereocenters. The topological polar surface area (TPSA) is 89.5 Å². The van der Waals surface area contributed by atoms with Gasteiger partial charge in [-0.1, -0.05) is 26.0 Å². The average molecular weight is 341 g/mol. The first-order valence-electron chi connectivity index (χ1n) is 7.27. The van der Waals surface area contributed by atoms with Crippen LogP contribution in [0.3, 0.4) is 0 Å². The molecule has 1 N–H and O–H groups in total. The summed E-state index contributed by atoms with van der Waals surface area (Å²) >= 11 is 0. The molecule has 0 aliphatic heterocycles. The Morgan fingerprint density at radius 1 is 1.17 bits per heavy atom. The molecule has 0 bridgehead atoms. The highest BCUT2D eigenvalue weighted by molar-refractivity contribution is 7.89. The van der Waals surface area contributed by atoms with Crippen molar-refractivity contribution in [2.24, 2.45) is 5.92 Å². The lowest BCUT2D eigenvalue weighted by atomic mass is 10.1. The molecule has 0 spiro atoms. The third-order valence-electron chi connectivity index (χ3n) is 2.94. The molecular formula is C16H23NO5S. The van der Waals surface area contributed by atoms with Crippen molar-refractivity contribution in [3.05, 3.63) is 29.8 Å². The summed E-state index contributed by atoms with van der Waals surface area (Å²) in [7, 11) is -3.90. The zero-order chi connectivity index (χ0) is 17.8. The number of carbonyl (C=O) groups excluding carboxylic acids is 2. The normalized spacial score (nSPS) is 13.7. The Bertz CT molecular complexity index is 657. The Morgan fingerprint density at radius 2 is 1.70 bits per heavy atom. The van der Waals surface area contributed by atoms with Crippen LogP contribution in [0.2, 0.25) is 0 Å². The summed E-state index contributed by atoms with van der Waals surface area (Å²) in [4.78, 5) is 22.8. The van der Waals surface area contributed by atoms with E-state index in [0.717, 1.165) is 0 Å². The van der Waals surface area contributed by atoms with E-state index in [1.54, 1.807) is 34.6 Å². The van der Waals surface area contributed by atoms with Crippen LogP contribution < -0.4 is 4.72 Å². The molecule has 128 valence electrons. The monoisotopic (exact) mass is 341 g/mol. The van der Waals surface area contributed by atoms with E-state index in [-0.39, 0.29) is 10.8 Å². The molecule has 6 nitrogen and oxygen atoms in total. The minimum Gasteiger partial charge on any atom is -0.459 e. The van der Waals surface area contributed by atoms with Crippen molar-refractivity contribution in [1.82, 2.24) is 4.72 Å². The number of esters is 1. The van der Waals surface area contributed by atoms with Gasteiger partial charge < -0.3 is 4.74 Å². The number of sulfonamides is 1. The van der Waals surface area contributed by atoms with E-state index in [1.807, 2.05) is 0 Å². The van der Waals surface area contributed by atoms with Gasteiger partial charge in [-0.05, 0) is 38.8 Å². The minimum absolute atomic E-state index is 0.0164. The molecule has 0 aliphatic carbocycles. The molecule has 1 rings (SSSR count). The van der Waals surface area contributed by atoms with Crippen molar-refractivity contribution >= 4 is 22.3 Å². The maximum absolute atomic E-state index is 12.4. The second-order valence-corrected chi connectivity index (χ2v) is 8.28. The number of rotatable bonds is 6. The summed E-state index contributed by atoms with van der Waals surface area (Å²) in [5.74, 6) is -0.908. The van der Waals surface area contributed by atoms with E-state index in [9.17, 15) is 18.0 Å². The molecule has 23 heavy (non-hydrogen) atoms. The van der Waals surface area contributed by atoms with Crippen LogP contribution in [0.15, 0.2) is 29.2 Å². The van der Waals surface area contributed by atoms with Gasteiger partial charge in [0.15, 0.2) is 0 Å². The van der Waals surface area contributed by atoms with Crippen LogP contribution in [-0.2, 0) is 19.6 Å². The van der Waals surface area contributed by atoms with Crippen molar-refractivity contribution in [1.29, 1.82) is 0 Å². The van der Waals surface area contributed by atoms with Crippen LogP contribution in [0.25, 0.3) is 0 Å². The zero-order valence-electron chi connectivity index (χ0n) is 14.0. The maximum atomic E-state index is 12.4. The van der Waals surface area contributed by atoms with Crippen LogP contribution in [0, 0.1) is 5.92 Å². The summed E-state index contributed by atoms with van der Waals surface area (Å²) in [6.07, 6.45) is 0.626. The largest absolute Gasteiger partial charge is 0.459 e. The Kier molecular flexibility index (Phi) is 6.07. The summed E-state index contributed by atoms with van der Waals surface area (Å²) in [5, 5.41) is 0. The SMILES string of the molecule is CC(C)C(NS(=O)(=O)c1ccc(C=O)cc1)C(=O)OC(C)(C)C. The molecule has 0 aliphatic rings. The molecule has 1 aromatic carbocycles. The van der Waals surface area contributed by atoms with Gasteiger partial charge in [-0.15, -0.1) is 0 Å². The fourth-order valence-corrected chi connectivity index (χ4v) is 3.12. The number of hydrogen-bond acceptors (Lipinski definition) is 5. The molecule has 7 heteroatoms. The second kappa shape index (κ2) is 7.23. The Hall–Kier alpha value is -1.73. The molecule has 0 saturated heterocycles. The lowest BCUT2D eigenvalue weighted by Gasteiger charge is -2.26. The van der Waals surface area contributed by atoms with Crippen molar-refractivity contribution in [2.45, 2.75) is 51.2 Å². The maximum Gasteiger partial charge on any atom is 0.324 e. The van der Waals surface area contributed by atoms with Gasteiger partial charge in [-0.2, -0.15) is 4.72 Å². The third kappa shape index (κ3) is 5.76. The Morgan fingerprint density at radius 3 is 2.09 bits per heavy atom. The minimum atomic E-state index is -3.90. The Balaban J connectivity index is 3.02. The molecule has 0 amide bonds. The van der Waals surface area contributed by atoms with Gasteiger partial charge in [0.2, 0.25) is 10.0 Å². The predicted octanol–water partition coefficient (Wildman–Crippen LogP) is 2.14. The van der Waals surface area contributed by atoms with E-state index in [0.29, 0.717) is 11.8 Å². The zero-order valence-corrected chi connectivity index (χ0v) is 14.8. The van der Waals surface area contributed by atoms with Crippen molar-refractivity contribution in [3.8, 4) is 0 Å². The number of aldehydes is 1. The molecule has 1 aromatic rings. The molecule has 0 fully saturated rings. The molecule has 0 saturated carbocycles. The number of carbonyl (C=O) groups is 2. The van der Waals surface area contributed by atoms with Gasteiger partial charge in [-0.3, -0.25) is 9.59 Å². The molecule has 0 aromatic heterocycles. The summed E-state index contributed by atoms with van der Waals surface area (Å²) in [6, 6.07) is 4.45. The van der Waals surface area contributed by atoms with Gasteiger partial charge in [0.05, 0.1) is 4.90 Å². The van der Waals surface area contributed by atoms with Crippen molar-refractivity contribution in [2.75, 3.05) is 0 Å². The Labute approximate surface area is 137 Å². The summed E-state index contributed by atoms with van der Waals surface area (Å²) in [6.45, 7) is 8.61. The number of nitrogens with one attached hydrogen (secondary N) is 1. The number of benzene rings is 1. The van der Waals surface area contributed by atoms with E-state index in [1.165, 1.54) is 24.3 Å². The third-order valence-corrected chi connectivity index (χ3v) is 4.39. The fourth-order valence-electron chi connectivity index (χ4n) is 1.78. The van der Waals surface area contributed by atoms with Crippen molar-refractivity contribution in [3.63, 3.8) is 0 Å². The van der Waals surface area contributed by atoms with Gasteiger partial charge in [0.1, 0.15) is 17.9 Å². The highest BCUT2D eigenvalue weighted by atomic mass is 32.2. The first-order chi connectivity index (χ1) is 10.5. The lowest BCUT2D eigenvalue weighted by molar-refractivity contribution is -0.158. The highest BCUT2D eigenvalue weighted by Gasteiger charge is 2.32. The van der Waals surface area contributed by atoms with Crippen LogP contribution in [-0.4, -0.2) is 32.3 Å². The standard InChI is InChI=1S/C16H23NO5S/c1-11(2)14(15(19)22-16(3,4)5)17-23(20,21)13-8-6-12(10-18)7-9-13/h6-11,14,17H,1-5H3. The molecule has 0 radical (unpaired) electrons. The molecule has 1 unspecified atom stereocenters. The molecular weight excluding hydrogens is 318 g/mol. The van der Waals surface area contributed by atoms with Gasteiger partial charge in [0.25, 0.3) is 0 Å². The predicted molar refractivity (Wildman–Crippen MR) is 86.6 cm³/mol. The second-order valence-electron chi connectivity index (χ2n) is 6.56. The first kappa shape index (κ1) is 19.3. The lowest BCUT2D eigenvalue weighted by Crippen LogP contribution is -2.47. The quantitative estimate of drug-likeness (QED) is 0.632. The van der Waals surface area contributed by atoms with Crippen LogP contribution in [0.4, 0.5) is 0 Å². The van der Waals surface area contributed by atoms with E-state index in [2.05, 4.69) is 4.72 Å². The first-order valence-corrected chi connectivity index (χ1v) is 8.75. The van der Waals surface area contributed by atoms with Crippen LogP contribution in [0.5, 0.6) is 0 Å². The smallest absolute Gasteiger partial charge is 0.324 e. The van der Waals surface area contributed by atoms with E-state index in [4.69, 9.17) is 4.74 Å². The average Bonchev–Trinajstić information content (AvgIpc) is 2.42.